The lowest BCUT2D eigenvalue weighted by Crippen LogP contribution is -2.17. The molecule has 2 rings (SSSR count). The first kappa shape index (κ1) is 15.9. The number of nitrogens with one attached hydrogen (secondary N) is 1. The van der Waals surface area contributed by atoms with Crippen molar-refractivity contribution in [3.63, 3.8) is 0 Å². The average molecular weight is 369 g/mol. The fourth-order valence-corrected chi connectivity index (χ4v) is 4.16. The molecule has 0 saturated carbocycles. The van der Waals surface area contributed by atoms with Gasteiger partial charge in [-0.2, -0.15) is 0 Å². The second kappa shape index (κ2) is 5.69. The highest BCUT2D eigenvalue weighted by atomic mass is 79.9. The number of halogens is 1. The quantitative estimate of drug-likeness (QED) is 0.810. The van der Waals surface area contributed by atoms with Crippen LogP contribution in [0.1, 0.15) is 16.7 Å². The minimum absolute atomic E-state index is 0.238. The van der Waals surface area contributed by atoms with Crippen molar-refractivity contribution in [3.05, 3.63) is 51.5 Å². The molecule has 0 amide bonds. The Balaban J connectivity index is 2.54. The van der Waals surface area contributed by atoms with E-state index in [9.17, 15) is 8.42 Å². The van der Waals surface area contributed by atoms with Gasteiger partial charge in [0, 0.05) is 10.2 Å². The number of anilines is 2. The van der Waals surface area contributed by atoms with Gasteiger partial charge in [-0.15, -0.1) is 0 Å². The van der Waals surface area contributed by atoms with Crippen molar-refractivity contribution in [2.45, 2.75) is 25.7 Å². The Labute approximate surface area is 133 Å². The third-order valence-corrected chi connectivity index (χ3v) is 5.94. The van der Waals surface area contributed by atoms with E-state index in [1.54, 1.807) is 38.1 Å². The second-order valence-corrected chi connectivity index (χ2v) is 7.42. The SMILES string of the molecule is Cc1ccc(N)c(C)c1S(=O)(=O)Nc1cccc(Br)c1C. The van der Waals surface area contributed by atoms with Crippen LogP contribution < -0.4 is 10.5 Å². The van der Waals surface area contributed by atoms with Gasteiger partial charge in [-0.05, 0) is 55.7 Å². The summed E-state index contributed by atoms with van der Waals surface area (Å²) in [6.07, 6.45) is 0. The molecular formula is C15H17BrN2O2S. The molecule has 0 atom stereocenters. The second-order valence-electron chi connectivity index (χ2n) is 4.94. The van der Waals surface area contributed by atoms with Crippen LogP contribution in [0.3, 0.4) is 0 Å². The summed E-state index contributed by atoms with van der Waals surface area (Å²) in [6.45, 7) is 5.32. The number of sulfonamides is 1. The molecule has 0 unspecified atom stereocenters. The Morgan fingerprint density at radius 3 is 2.38 bits per heavy atom. The number of benzene rings is 2. The van der Waals surface area contributed by atoms with Gasteiger partial charge in [0.25, 0.3) is 10.0 Å². The van der Waals surface area contributed by atoms with Crippen LogP contribution in [0.25, 0.3) is 0 Å². The van der Waals surface area contributed by atoms with Gasteiger partial charge in [-0.3, -0.25) is 4.72 Å². The van der Waals surface area contributed by atoms with Crippen LogP contribution in [-0.4, -0.2) is 8.42 Å². The lowest BCUT2D eigenvalue weighted by Gasteiger charge is -2.16. The number of hydrogen-bond acceptors (Lipinski definition) is 3. The van der Waals surface area contributed by atoms with Gasteiger partial charge in [0.2, 0.25) is 0 Å². The molecule has 4 nitrogen and oxygen atoms in total. The molecule has 0 aliphatic rings. The van der Waals surface area contributed by atoms with Crippen LogP contribution >= 0.6 is 15.9 Å². The molecule has 0 heterocycles. The van der Waals surface area contributed by atoms with E-state index in [0.717, 1.165) is 10.0 Å². The predicted molar refractivity (Wildman–Crippen MR) is 90.0 cm³/mol. The fraction of sp³-hybridized carbons (Fsp3) is 0.200. The maximum Gasteiger partial charge on any atom is 0.262 e. The maximum absolute atomic E-state index is 12.7. The summed E-state index contributed by atoms with van der Waals surface area (Å²) in [4.78, 5) is 0.238. The van der Waals surface area contributed by atoms with Crippen LogP contribution in [0.2, 0.25) is 0 Å². The first-order chi connectivity index (χ1) is 9.74. The fourth-order valence-electron chi connectivity index (χ4n) is 2.17. The van der Waals surface area contributed by atoms with Gasteiger partial charge in [0.1, 0.15) is 0 Å². The Kier molecular flexibility index (Phi) is 4.30. The molecule has 0 aliphatic heterocycles. The van der Waals surface area contributed by atoms with Gasteiger partial charge >= 0.3 is 0 Å². The van der Waals surface area contributed by atoms with E-state index < -0.39 is 10.0 Å². The highest BCUT2D eigenvalue weighted by Gasteiger charge is 2.21. The Morgan fingerprint density at radius 2 is 1.71 bits per heavy atom. The number of nitrogens with two attached hydrogens (primary N) is 1. The Hall–Kier alpha value is -1.53. The predicted octanol–water partition coefficient (Wildman–Crippen LogP) is 3.76. The molecular weight excluding hydrogens is 352 g/mol. The monoisotopic (exact) mass is 368 g/mol. The van der Waals surface area contributed by atoms with Crippen LogP contribution in [0.5, 0.6) is 0 Å². The van der Waals surface area contributed by atoms with Crippen molar-refractivity contribution in [1.29, 1.82) is 0 Å². The normalized spacial score (nSPS) is 11.4. The minimum atomic E-state index is -3.69. The highest BCUT2D eigenvalue weighted by Crippen LogP contribution is 2.29. The van der Waals surface area contributed by atoms with Crippen molar-refractivity contribution < 1.29 is 8.42 Å². The van der Waals surface area contributed by atoms with E-state index in [2.05, 4.69) is 20.7 Å². The van der Waals surface area contributed by atoms with Crippen molar-refractivity contribution in [2.75, 3.05) is 10.5 Å². The number of rotatable bonds is 3. The summed E-state index contributed by atoms with van der Waals surface area (Å²) in [5, 5.41) is 0. The summed E-state index contributed by atoms with van der Waals surface area (Å²) >= 11 is 3.40. The summed E-state index contributed by atoms with van der Waals surface area (Å²) in [5.41, 5.74) is 8.91. The third kappa shape index (κ3) is 3.06. The number of aryl methyl sites for hydroxylation is 1. The Bertz CT molecular complexity index is 802. The van der Waals surface area contributed by atoms with Gasteiger partial charge in [-0.1, -0.05) is 28.1 Å². The van der Waals surface area contributed by atoms with Crippen molar-refractivity contribution >= 4 is 37.3 Å². The van der Waals surface area contributed by atoms with E-state index >= 15 is 0 Å². The molecule has 2 aromatic carbocycles. The summed E-state index contributed by atoms with van der Waals surface area (Å²) in [5.74, 6) is 0. The van der Waals surface area contributed by atoms with Crippen LogP contribution in [-0.2, 0) is 10.0 Å². The number of nitrogen functional groups attached to an aromatic ring is 1. The van der Waals surface area contributed by atoms with Gasteiger partial charge in [-0.25, -0.2) is 8.42 Å². The zero-order valence-corrected chi connectivity index (χ0v) is 14.5. The van der Waals surface area contributed by atoms with E-state index in [1.807, 2.05) is 13.0 Å². The third-order valence-electron chi connectivity index (χ3n) is 3.43. The first-order valence-corrected chi connectivity index (χ1v) is 8.65. The topological polar surface area (TPSA) is 72.2 Å². The largest absolute Gasteiger partial charge is 0.398 e. The first-order valence-electron chi connectivity index (χ1n) is 6.37. The van der Waals surface area contributed by atoms with E-state index in [0.29, 0.717) is 22.5 Å². The maximum atomic E-state index is 12.7. The molecule has 112 valence electrons. The average Bonchev–Trinajstić information content (AvgIpc) is 2.39. The molecule has 6 heteroatoms. The van der Waals surface area contributed by atoms with E-state index in [-0.39, 0.29) is 4.90 Å². The summed E-state index contributed by atoms with van der Waals surface area (Å²) in [6, 6.07) is 8.81. The van der Waals surface area contributed by atoms with Crippen LogP contribution in [0, 0.1) is 20.8 Å². The van der Waals surface area contributed by atoms with Crippen molar-refractivity contribution in [2.24, 2.45) is 0 Å². The van der Waals surface area contributed by atoms with Gasteiger partial charge < -0.3 is 5.73 Å². The molecule has 0 spiro atoms. The number of hydrogen-bond donors (Lipinski definition) is 2. The molecule has 0 bridgehead atoms. The van der Waals surface area contributed by atoms with E-state index in [1.165, 1.54) is 0 Å². The molecule has 21 heavy (non-hydrogen) atoms. The van der Waals surface area contributed by atoms with Crippen molar-refractivity contribution in [1.82, 2.24) is 0 Å². The smallest absolute Gasteiger partial charge is 0.262 e. The Morgan fingerprint density at radius 1 is 1.05 bits per heavy atom. The standard InChI is InChI=1S/C15H17BrN2O2S/c1-9-7-8-13(17)11(3)15(9)21(19,20)18-14-6-4-5-12(16)10(14)2/h4-8,18H,17H2,1-3H3. The van der Waals surface area contributed by atoms with E-state index in [4.69, 9.17) is 5.73 Å². The molecule has 3 N–H and O–H groups in total. The van der Waals surface area contributed by atoms with Crippen LogP contribution in [0.15, 0.2) is 39.7 Å². The van der Waals surface area contributed by atoms with Crippen molar-refractivity contribution in [3.8, 4) is 0 Å². The lowest BCUT2D eigenvalue weighted by atomic mass is 10.1. The van der Waals surface area contributed by atoms with Crippen LogP contribution in [0.4, 0.5) is 11.4 Å². The molecule has 0 saturated heterocycles. The highest BCUT2D eigenvalue weighted by molar-refractivity contribution is 9.10. The summed E-state index contributed by atoms with van der Waals surface area (Å²) in [7, 11) is -3.69. The molecule has 0 fully saturated rings. The molecule has 0 aliphatic carbocycles. The lowest BCUT2D eigenvalue weighted by molar-refractivity contribution is 0.600. The zero-order chi connectivity index (χ0) is 15.8. The summed E-state index contributed by atoms with van der Waals surface area (Å²) < 4.78 is 28.8. The minimum Gasteiger partial charge on any atom is -0.398 e. The molecule has 2 aromatic rings. The molecule has 0 aromatic heterocycles. The zero-order valence-electron chi connectivity index (χ0n) is 12.1. The van der Waals surface area contributed by atoms with Gasteiger partial charge in [0.15, 0.2) is 0 Å². The van der Waals surface area contributed by atoms with Gasteiger partial charge in [0.05, 0.1) is 10.6 Å². The molecule has 0 radical (unpaired) electrons.